The summed E-state index contributed by atoms with van der Waals surface area (Å²) >= 11 is 1.75. The molecule has 2 rings (SSSR count). The van der Waals surface area contributed by atoms with Crippen molar-refractivity contribution in [3.63, 3.8) is 0 Å². The molecule has 0 amide bonds. The molecule has 1 aliphatic rings. The van der Waals surface area contributed by atoms with Crippen molar-refractivity contribution in [1.82, 2.24) is 10.2 Å². The molecule has 0 saturated carbocycles. The predicted octanol–water partition coefficient (Wildman–Crippen LogP) is 7.15. The highest BCUT2D eigenvalue weighted by Crippen LogP contribution is 2.31. The molecule has 3 heteroatoms. The summed E-state index contributed by atoms with van der Waals surface area (Å²) in [6.45, 7) is 14.8. The molecule has 1 N–H and O–H groups in total. The summed E-state index contributed by atoms with van der Waals surface area (Å²) in [6.07, 6.45) is 13.1. The van der Waals surface area contributed by atoms with E-state index in [2.05, 4.69) is 92.5 Å². The molecule has 29 heavy (non-hydrogen) atoms. The van der Waals surface area contributed by atoms with Gasteiger partial charge in [-0.15, -0.1) is 0 Å². The van der Waals surface area contributed by atoms with Crippen LogP contribution < -0.4 is 5.32 Å². The smallest absolute Gasteiger partial charge is 0.0146 e. The Labute approximate surface area is 182 Å². The van der Waals surface area contributed by atoms with Gasteiger partial charge < -0.3 is 10.2 Å². The van der Waals surface area contributed by atoms with E-state index in [1.54, 1.807) is 11.8 Å². The maximum Gasteiger partial charge on any atom is 0.0146 e. The van der Waals surface area contributed by atoms with Crippen LogP contribution in [0.1, 0.15) is 57.2 Å². The zero-order valence-electron chi connectivity index (χ0n) is 18.7. The maximum absolute atomic E-state index is 4.00. The van der Waals surface area contributed by atoms with Crippen molar-refractivity contribution in [2.75, 3.05) is 20.1 Å². The second-order valence-corrected chi connectivity index (χ2v) is 8.51. The summed E-state index contributed by atoms with van der Waals surface area (Å²) in [5, 5.41) is 5.81. The third-order valence-electron chi connectivity index (χ3n) is 5.37. The molecular formula is C26H36N2S. The highest BCUT2D eigenvalue weighted by molar-refractivity contribution is 8.10. The molecule has 0 atom stereocenters. The van der Waals surface area contributed by atoms with E-state index >= 15 is 0 Å². The van der Waals surface area contributed by atoms with Crippen LogP contribution in [-0.2, 0) is 0 Å². The third kappa shape index (κ3) is 6.80. The second kappa shape index (κ2) is 11.9. The van der Waals surface area contributed by atoms with Gasteiger partial charge in [0.2, 0.25) is 0 Å². The minimum Gasteiger partial charge on any atom is -0.363 e. The molecule has 1 heterocycles. The number of hydrogen-bond acceptors (Lipinski definition) is 3. The van der Waals surface area contributed by atoms with E-state index in [1.807, 2.05) is 13.0 Å². The average molecular weight is 409 g/mol. The zero-order valence-corrected chi connectivity index (χ0v) is 19.5. The quantitative estimate of drug-likeness (QED) is 0.491. The number of rotatable bonds is 8. The first kappa shape index (κ1) is 23.3. The lowest BCUT2D eigenvalue weighted by atomic mass is 9.93. The van der Waals surface area contributed by atoms with Crippen LogP contribution in [0, 0.1) is 5.92 Å². The number of hydrogen-bond donors (Lipinski definition) is 1. The Bertz CT molecular complexity index is 806. The molecular weight excluding hydrogens is 372 g/mol. The first-order valence-corrected chi connectivity index (χ1v) is 11.4. The lowest BCUT2D eigenvalue weighted by Crippen LogP contribution is -2.33. The van der Waals surface area contributed by atoms with Crippen LogP contribution in [0.2, 0.25) is 0 Å². The van der Waals surface area contributed by atoms with Crippen LogP contribution >= 0.6 is 11.8 Å². The molecule has 0 spiro atoms. The summed E-state index contributed by atoms with van der Waals surface area (Å²) in [6, 6.07) is 6.60. The molecule has 156 valence electrons. The van der Waals surface area contributed by atoms with Crippen LogP contribution in [0.3, 0.4) is 0 Å². The molecule has 0 aromatic heterocycles. The van der Waals surface area contributed by atoms with Gasteiger partial charge in [-0.2, -0.15) is 0 Å². The van der Waals surface area contributed by atoms with E-state index in [1.165, 1.54) is 53.4 Å². The fourth-order valence-corrected chi connectivity index (χ4v) is 4.39. The van der Waals surface area contributed by atoms with Gasteiger partial charge in [-0.25, -0.2) is 0 Å². The number of thioether (sulfide) groups is 1. The molecule has 1 aromatic rings. The van der Waals surface area contributed by atoms with E-state index in [-0.39, 0.29) is 0 Å². The number of allylic oxidation sites excluding steroid dienone is 5. The highest BCUT2D eigenvalue weighted by atomic mass is 32.2. The summed E-state index contributed by atoms with van der Waals surface area (Å²) in [7, 11) is 2.21. The minimum absolute atomic E-state index is 0.622. The third-order valence-corrected chi connectivity index (χ3v) is 6.50. The van der Waals surface area contributed by atoms with E-state index in [9.17, 15) is 0 Å². The first-order chi connectivity index (χ1) is 14.0. The summed E-state index contributed by atoms with van der Waals surface area (Å²) in [4.78, 5) is 3.68. The topological polar surface area (TPSA) is 15.3 Å². The Morgan fingerprint density at radius 2 is 1.86 bits per heavy atom. The molecule has 1 saturated heterocycles. The standard InChI is InChI=1S/C26H36N2S/c1-7-17-29-26(10-4)23-12-11-21(8-2)24(19-23)18-20(5)27-25(9-3)22-13-15-28(6)16-14-22/h7-12,17-19,22,27H,2,13-16H2,1,3-6H3/b17-7-,20-18+,25-9+,26-10-. The molecule has 1 aromatic carbocycles. The Kier molecular flexibility index (Phi) is 9.56. The van der Waals surface area contributed by atoms with E-state index < -0.39 is 0 Å². The fraction of sp³-hybridized carbons (Fsp3) is 0.385. The van der Waals surface area contributed by atoms with Crippen molar-refractivity contribution in [1.29, 1.82) is 0 Å². The van der Waals surface area contributed by atoms with E-state index in [0.717, 1.165) is 5.56 Å². The highest BCUT2D eigenvalue weighted by Gasteiger charge is 2.20. The Hall–Kier alpha value is -1.97. The Morgan fingerprint density at radius 3 is 2.45 bits per heavy atom. The number of piperidine rings is 1. The second-order valence-electron chi connectivity index (χ2n) is 7.56. The van der Waals surface area contributed by atoms with Crippen molar-refractivity contribution in [2.45, 2.75) is 40.5 Å². The minimum atomic E-state index is 0.622. The van der Waals surface area contributed by atoms with Crippen LogP contribution in [0.4, 0.5) is 0 Å². The summed E-state index contributed by atoms with van der Waals surface area (Å²) < 4.78 is 0. The van der Waals surface area contributed by atoms with Crippen molar-refractivity contribution < 1.29 is 0 Å². The predicted molar refractivity (Wildman–Crippen MR) is 133 cm³/mol. The van der Waals surface area contributed by atoms with Gasteiger partial charge in [-0.1, -0.05) is 54.8 Å². The van der Waals surface area contributed by atoms with Crippen molar-refractivity contribution >= 4 is 28.8 Å². The number of nitrogens with zero attached hydrogens (tertiary/aromatic N) is 1. The van der Waals surface area contributed by atoms with Gasteiger partial charge in [0, 0.05) is 22.2 Å². The van der Waals surface area contributed by atoms with Crippen LogP contribution in [0.25, 0.3) is 17.1 Å². The lowest BCUT2D eigenvalue weighted by Gasteiger charge is -2.31. The van der Waals surface area contributed by atoms with Gasteiger partial charge in [-0.05, 0) is 94.9 Å². The lowest BCUT2D eigenvalue weighted by molar-refractivity contribution is 0.234. The molecule has 1 fully saturated rings. The fourth-order valence-electron chi connectivity index (χ4n) is 3.71. The van der Waals surface area contributed by atoms with Gasteiger partial charge in [-0.3, -0.25) is 0 Å². The van der Waals surface area contributed by atoms with Crippen molar-refractivity contribution in [3.05, 3.63) is 76.5 Å². The molecule has 0 aliphatic carbocycles. The van der Waals surface area contributed by atoms with E-state index in [4.69, 9.17) is 0 Å². The van der Waals surface area contributed by atoms with Crippen LogP contribution in [0.15, 0.2) is 59.8 Å². The van der Waals surface area contributed by atoms with E-state index in [0.29, 0.717) is 5.92 Å². The summed E-state index contributed by atoms with van der Waals surface area (Å²) in [5.41, 5.74) is 6.10. The summed E-state index contributed by atoms with van der Waals surface area (Å²) in [5.74, 6) is 0.622. The molecule has 0 bridgehead atoms. The van der Waals surface area contributed by atoms with Crippen LogP contribution in [-0.4, -0.2) is 25.0 Å². The normalized spacial score (nSPS) is 17.8. The molecule has 1 aliphatic heterocycles. The molecule has 0 radical (unpaired) electrons. The number of benzene rings is 1. The SMILES string of the molecule is C=Cc1ccc(/C(=C/C)S/C=C\C)cc1/C=C(\C)N/C(=C/C)C1CCN(C)CC1. The van der Waals surface area contributed by atoms with Gasteiger partial charge in [0.05, 0.1) is 0 Å². The van der Waals surface area contributed by atoms with Crippen LogP contribution in [0.5, 0.6) is 0 Å². The van der Waals surface area contributed by atoms with Crippen molar-refractivity contribution in [2.24, 2.45) is 5.92 Å². The first-order valence-electron chi connectivity index (χ1n) is 10.5. The Morgan fingerprint density at radius 1 is 1.14 bits per heavy atom. The van der Waals surface area contributed by atoms with Gasteiger partial charge in [0.15, 0.2) is 0 Å². The zero-order chi connectivity index (χ0) is 21.2. The van der Waals surface area contributed by atoms with Gasteiger partial charge >= 0.3 is 0 Å². The number of nitrogens with one attached hydrogen (secondary N) is 1. The van der Waals surface area contributed by atoms with Gasteiger partial charge in [0.1, 0.15) is 0 Å². The van der Waals surface area contributed by atoms with Gasteiger partial charge in [0.25, 0.3) is 0 Å². The van der Waals surface area contributed by atoms with Crippen molar-refractivity contribution in [3.8, 4) is 0 Å². The monoisotopic (exact) mass is 408 g/mol. The largest absolute Gasteiger partial charge is 0.363 e. The maximum atomic E-state index is 4.00. The number of likely N-dealkylation sites (tertiary alicyclic amines) is 1. The Balaban J connectivity index is 2.24. The average Bonchev–Trinajstić information content (AvgIpc) is 2.73. The molecule has 2 nitrogen and oxygen atoms in total. The molecule has 0 unspecified atom stereocenters.